The second kappa shape index (κ2) is 8.00. The quantitative estimate of drug-likeness (QED) is 0.328. The standard InChI is InChI=1S/C26H20FN3O4S/c27-17-10-8-15(9-11-17)24(31)23-22(16-4-3-5-18(12-16)30(33)34)21-13-35-14-29(21)26(23)19-6-1-2-7-20(19)28-25(26)32/h1-12,21-23H,13-14H2,(H,28,32)/t21-,22-,23+,26-/m1/s1. The second-order valence-electron chi connectivity index (χ2n) is 9.03. The molecule has 1 N–H and O–H groups in total. The Hall–Kier alpha value is -3.56. The SMILES string of the molecule is O=C(c1ccc(F)cc1)[C@@H]1[C@H](c2cccc([N+](=O)[O-])c2)[C@H]2CSCN2[C@@]12C(=O)Nc1ccccc12. The van der Waals surface area contributed by atoms with E-state index in [4.69, 9.17) is 0 Å². The third-order valence-electron chi connectivity index (χ3n) is 7.41. The second-order valence-corrected chi connectivity index (χ2v) is 10.0. The van der Waals surface area contributed by atoms with Gasteiger partial charge in [-0.15, -0.1) is 11.8 Å². The number of rotatable bonds is 4. The molecule has 176 valence electrons. The lowest BCUT2D eigenvalue weighted by molar-refractivity contribution is -0.384. The average molecular weight is 490 g/mol. The molecule has 0 bridgehead atoms. The van der Waals surface area contributed by atoms with E-state index in [1.165, 1.54) is 36.4 Å². The molecule has 0 saturated carbocycles. The summed E-state index contributed by atoms with van der Waals surface area (Å²) < 4.78 is 13.7. The van der Waals surface area contributed by atoms with Crippen molar-refractivity contribution in [2.45, 2.75) is 17.5 Å². The minimum Gasteiger partial charge on any atom is -0.324 e. The molecule has 4 atom stereocenters. The molecule has 7 nitrogen and oxygen atoms in total. The van der Waals surface area contributed by atoms with Gasteiger partial charge < -0.3 is 5.32 Å². The van der Waals surface area contributed by atoms with Crippen LogP contribution in [0.3, 0.4) is 0 Å². The first-order chi connectivity index (χ1) is 16.9. The van der Waals surface area contributed by atoms with Crippen molar-refractivity contribution >= 4 is 34.8 Å². The molecule has 3 aliphatic heterocycles. The largest absolute Gasteiger partial charge is 0.324 e. The minimum atomic E-state index is -1.27. The normalized spacial score (nSPS) is 27.0. The van der Waals surface area contributed by atoms with E-state index >= 15 is 0 Å². The lowest BCUT2D eigenvalue weighted by Crippen LogP contribution is -2.52. The van der Waals surface area contributed by atoms with Crippen LogP contribution in [0, 0.1) is 21.8 Å². The van der Waals surface area contributed by atoms with Crippen molar-refractivity contribution in [2.24, 2.45) is 5.92 Å². The Morgan fingerprint density at radius 1 is 1.11 bits per heavy atom. The molecule has 6 rings (SSSR count). The van der Waals surface area contributed by atoms with Crippen molar-refractivity contribution in [3.63, 3.8) is 0 Å². The summed E-state index contributed by atoms with van der Waals surface area (Å²) in [6.07, 6.45) is 0. The number of non-ortho nitro benzene ring substituents is 1. The van der Waals surface area contributed by atoms with E-state index in [-0.39, 0.29) is 23.4 Å². The van der Waals surface area contributed by atoms with Gasteiger partial charge in [0.2, 0.25) is 5.91 Å². The van der Waals surface area contributed by atoms with Crippen LogP contribution in [-0.4, -0.2) is 39.2 Å². The molecule has 2 saturated heterocycles. The zero-order chi connectivity index (χ0) is 24.3. The Kier molecular flexibility index (Phi) is 5.01. The van der Waals surface area contributed by atoms with Gasteiger partial charge in [0, 0.05) is 52.5 Å². The van der Waals surface area contributed by atoms with Crippen LogP contribution >= 0.6 is 11.8 Å². The minimum absolute atomic E-state index is 0.0649. The van der Waals surface area contributed by atoms with Gasteiger partial charge in [0.1, 0.15) is 11.4 Å². The van der Waals surface area contributed by atoms with Crippen LogP contribution < -0.4 is 5.32 Å². The smallest absolute Gasteiger partial charge is 0.269 e. The number of carbonyl (C=O) groups is 2. The number of anilines is 1. The molecule has 0 aliphatic carbocycles. The molecule has 0 radical (unpaired) electrons. The number of amides is 1. The van der Waals surface area contributed by atoms with E-state index in [0.717, 1.165) is 5.56 Å². The first-order valence-corrected chi connectivity index (χ1v) is 12.4. The average Bonchev–Trinajstić information content (AvgIpc) is 3.52. The number of hydrogen-bond donors (Lipinski definition) is 1. The summed E-state index contributed by atoms with van der Waals surface area (Å²) in [5.74, 6) is -1.13. The number of benzene rings is 3. The van der Waals surface area contributed by atoms with Gasteiger partial charge in [-0.3, -0.25) is 24.6 Å². The number of nitrogens with zero attached hydrogens (tertiary/aromatic N) is 2. The number of halogens is 1. The molecular weight excluding hydrogens is 469 g/mol. The Bertz CT molecular complexity index is 1380. The van der Waals surface area contributed by atoms with Crippen molar-refractivity contribution in [1.29, 1.82) is 0 Å². The molecule has 3 aliphatic rings. The van der Waals surface area contributed by atoms with E-state index < -0.39 is 28.1 Å². The van der Waals surface area contributed by atoms with Crippen LogP contribution in [-0.2, 0) is 10.3 Å². The molecule has 35 heavy (non-hydrogen) atoms. The van der Waals surface area contributed by atoms with Crippen LogP contribution in [0.1, 0.15) is 27.4 Å². The van der Waals surface area contributed by atoms with Crippen LogP contribution in [0.15, 0.2) is 72.8 Å². The maximum absolute atomic E-state index is 14.2. The molecule has 3 aromatic rings. The fourth-order valence-electron chi connectivity index (χ4n) is 6.04. The number of fused-ring (bicyclic) bond motifs is 4. The number of thioether (sulfide) groups is 1. The van der Waals surface area contributed by atoms with Crippen LogP contribution in [0.2, 0.25) is 0 Å². The number of hydrogen-bond acceptors (Lipinski definition) is 6. The zero-order valence-electron chi connectivity index (χ0n) is 18.4. The van der Waals surface area contributed by atoms with Crippen molar-refractivity contribution in [1.82, 2.24) is 4.90 Å². The third-order valence-corrected chi connectivity index (χ3v) is 8.44. The maximum Gasteiger partial charge on any atom is 0.269 e. The van der Waals surface area contributed by atoms with Crippen LogP contribution in [0.4, 0.5) is 15.8 Å². The monoisotopic (exact) mass is 489 g/mol. The highest BCUT2D eigenvalue weighted by Gasteiger charge is 2.69. The van der Waals surface area contributed by atoms with E-state index in [0.29, 0.717) is 28.4 Å². The topological polar surface area (TPSA) is 92.5 Å². The number of para-hydroxylation sites is 1. The number of ketones is 1. The number of Topliss-reactive ketones (excluding diaryl/α,β-unsaturated/α-hetero) is 1. The fraction of sp³-hybridized carbons (Fsp3) is 0.231. The van der Waals surface area contributed by atoms with Crippen molar-refractivity contribution < 1.29 is 18.9 Å². The summed E-state index contributed by atoms with van der Waals surface area (Å²) in [6.45, 7) is 0. The Balaban J connectivity index is 1.61. The highest BCUT2D eigenvalue weighted by Crippen LogP contribution is 2.61. The zero-order valence-corrected chi connectivity index (χ0v) is 19.2. The molecular formula is C26H20FN3O4S. The molecule has 9 heteroatoms. The summed E-state index contributed by atoms with van der Waals surface area (Å²) in [5, 5.41) is 14.5. The van der Waals surface area contributed by atoms with Gasteiger partial charge in [-0.2, -0.15) is 0 Å². The number of nitro benzene ring substituents is 1. The van der Waals surface area contributed by atoms with Gasteiger partial charge in [0.15, 0.2) is 5.78 Å². The molecule has 0 unspecified atom stereocenters. The number of carbonyl (C=O) groups excluding carboxylic acids is 2. The summed E-state index contributed by atoms with van der Waals surface area (Å²) in [5.41, 5.74) is 0.995. The molecule has 3 aromatic carbocycles. The lowest BCUT2D eigenvalue weighted by Gasteiger charge is -2.36. The fourth-order valence-corrected chi connectivity index (χ4v) is 7.37. The van der Waals surface area contributed by atoms with Gasteiger partial charge >= 0.3 is 0 Å². The van der Waals surface area contributed by atoms with Crippen molar-refractivity contribution in [2.75, 3.05) is 16.9 Å². The molecule has 3 heterocycles. The van der Waals surface area contributed by atoms with Crippen molar-refractivity contribution in [3.05, 3.63) is 105 Å². The highest BCUT2D eigenvalue weighted by atomic mass is 32.2. The number of nitrogens with one attached hydrogen (secondary N) is 1. The first-order valence-electron chi connectivity index (χ1n) is 11.2. The van der Waals surface area contributed by atoms with E-state index in [1.54, 1.807) is 23.9 Å². The van der Waals surface area contributed by atoms with E-state index in [9.17, 15) is 24.1 Å². The number of nitro groups is 1. The first kappa shape index (κ1) is 21.9. The van der Waals surface area contributed by atoms with E-state index in [2.05, 4.69) is 10.2 Å². The summed E-state index contributed by atoms with van der Waals surface area (Å²) in [7, 11) is 0. The molecule has 1 spiro atoms. The van der Waals surface area contributed by atoms with Crippen LogP contribution in [0.5, 0.6) is 0 Å². The predicted molar refractivity (Wildman–Crippen MR) is 130 cm³/mol. The van der Waals surface area contributed by atoms with Gasteiger partial charge in [0.05, 0.1) is 10.8 Å². The van der Waals surface area contributed by atoms with Gasteiger partial charge in [-0.1, -0.05) is 30.3 Å². The maximum atomic E-state index is 14.2. The van der Waals surface area contributed by atoms with Gasteiger partial charge in [0.25, 0.3) is 5.69 Å². The summed E-state index contributed by atoms with van der Waals surface area (Å²) in [6, 6.07) is 18.9. The predicted octanol–water partition coefficient (Wildman–Crippen LogP) is 4.55. The van der Waals surface area contributed by atoms with Crippen LogP contribution in [0.25, 0.3) is 0 Å². The molecule has 2 fully saturated rings. The van der Waals surface area contributed by atoms with Crippen molar-refractivity contribution in [3.8, 4) is 0 Å². The highest BCUT2D eigenvalue weighted by molar-refractivity contribution is 7.99. The summed E-state index contributed by atoms with van der Waals surface area (Å²) >= 11 is 1.68. The summed E-state index contributed by atoms with van der Waals surface area (Å²) in [4.78, 5) is 41.3. The third kappa shape index (κ3) is 3.08. The molecule has 0 aromatic heterocycles. The Morgan fingerprint density at radius 3 is 2.66 bits per heavy atom. The Labute approximate surface area is 204 Å². The lowest BCUT2D eigenvalue weighted by atomic mass is 9.69. The Morgan fingerprint density at radius 2 is 1.89 bits per heavy atom. The van der Waals surface area contributed by atoms with E-state index in [1.807, 2.05) is 24.3 Å². The molecule has 1 amide bonds. The van der Waals surface area contributed by atoms with Gasteiger partial charge in [-0.25, -0.2) is 4.39 Å². The van der Waals surface area contributed by atoms with Gasteiger partial charge in [-0.05, 0) is 35.9 Å².